The number of hydrogen-bond donors (Lipinski definition) is 0. The quantitative estimate of drug-likeness (QED) is 0.413. The van der Waals surface area contributed by atoms with Crippen LogP contribution in [0.1, 0.15) is 36.8 Å². The van der Waals surface area contributed by atoms with Crippen LogP contribution < -0.4 is 4.74 Å². The average molecular weight is 498 g/mol. The highest BCUT2D eigenvalue weighted by Gasteiger charge is 2.26. The summed E-state index contributed by atoms with van der Waals surface area (Å²) >= 11 is 0. The third-order valence-electron chi connectivity index (χ3n) is 6.66. The summed E-state index contributed by atoms with van der Waals surface area (Å²) in [5.74, 6) is 1.86. The summed E-state index contributed by atoms with van der Waals surface area (Å²) < 4.78 is 38.2. The Bertz CT molecular complexity index is 888. The van der Waals surface area contributed by atoms with E-state index in [0.717, 1.165) is 31.8 Å². The topological polar surface area (TPSA) is 79.4 Å². The van der Waals surface area contributed by atoms with E-state index in [1.54, 1.807) is 38.0 Å². The number of carbonyl (C=O) groups excluding carboxylic acids is 1. The molecule has 0 N–H and O–H groups in total. The molecule has 1 amide bonds. The minimum atomic E-state index is -3.67. The van der Waals surface area contributed by atoms with Crippen LogP contribution in [-0.2, 0) is 19.6 Å². The molecule has 0 heterocycles. The van der Waals surface area contributed by atoms with Crippen LogP contribution in [0.4, 0.5) is 0 Å². The lowest BCUT2D eigenvalue weighted by atomic mass is 9.81. The van der Waals surface area contributed by atoms with Gasteiger partial charge in [0, 0.05) is 33.7 Å². The monoisotopic (exact) mass is 497 g/mol. The van der Waals surface area contributed by atoms with Gasteiger partial charge in [0.05, 0.1) is 18.6 Å². The normalized spacial score (nSPS) is 19.0. The van der Waals surface area contributed by atoms with E-state index in [1.165, 1.54) is 24.2 Å². The van der Waals surface area contributed by atoms with Gasteiger partial charge in [0.1, 0.15) is 12.4 Å². The van der Waals surface area contributed by atoms with Gasteiger partial charge in [-0.1, -0.05) is 0 Å². The molecule has 0 saturated heterocycles. The number of amides is 1. The van der Waals surface area contributed by atoms with Gasteiger partial charge >= 0.3 is 0 Å². The minimum Gasteiger partial charge on any atom is -0.497 e. The summed E-state index contributed by atoms with van der Waals surface area (Å²) in [4.78, 5) is 16.8. The third-order valence-corrected chi connectivity index (χ3v) is 8.82. The van der Waals surface area contributed by atoms with E-state index in [-0.39, 0.29) is 30.6 Å². The second-order valence-corrected chi connectivity index (χ2v) is 11.9. The summed E-state index contributed by atoms with van der Waals surface area (Å²) in [6.07, 6.45) is 4.75. The summed E-state index contributed by atoms with van der Waals surface area (Å²) in [5, 5.41) is 0. The summed E-state index contributed by atoms with van der Waals surface area (Å²) in [6, 6.07) is 3.43. The number of methoxy groups -OCH3 is 1. The minimum absolute atomic E-state index is 0.0407. The molecular weight excluding hydrogens is 454 g/mol. The molecule has 9 heteroatoms. The molecule has 8 nitrogen and oxygen atoms in total. The summed E-state index contributed by atoms with van der Waals surface area (Å²) in [5.41, 5.74) is 1.27. The smallest absolute Gasteiger partial charge is 0.248 e. The van der Waals surface area contributed by atoms with Crippen LogP contribution in [0.2, 0.25) is 0 Å². The van der Waals surface area contributed by atoms with E-state index in [0.29, 0.717) is 22.8 Å². The van der Waals surface area contributed by atoms with Gasteiger partial charge in [0.15, 0.2) is 0 Å². The van der Waals surface area contributed by atoms with Gasteiger partial charge in [-0.05, 0) is 88.7 Å². The number of carbonyl (C=O) groups is 1. The van der Waals surface area contributed by atoms with Crippen molar-refractivity contribution >= 4 is 15.9 Å². The molecule has 1 aliphatic rings. The molecular formula is C25H43N3O5S. The van der Waals surface area contributed by atoms with Crippen molar-refractivity contribution in [3.05, 3.63) is 23.3 Å². The van der Waals surface area contributed by atoms with Crippen LogP contribution in [0.15, 0.2) is 17.0 Å². The fourth-order valence-corrected chi connectivity index (χ4v) is 6.33. The number of nitrogens with zero attached hydrogens (tertiary/aromatic N) is 3. The Balaban J connectivity index is 1.77. The van der Waals surface area contributed by atoms with Gasteiger partial charge in [-0.25, -0.2) is 8.42 Å². The van der Waals surface area contributed by atoms with Gasteiger partial charge in [-0.2, -0.15) is 4.31 Å². The zero-order valence-corrected chi connectivity index (χ0v) is 22.8. The molecule has 1 aromatic carbocycles. The maximum absolute atomic E-state index is 13.1. The Morgan fingerprint density at radius 1 is 0.971 bits per heavy atom. The second kappa shape index (κ2) is 12.9. The van der Waals surface area contributed by atoms with Gasteiger partial charge < -0.3 is 19.3 Å². The van der Waals surface area contributed by atoms with E-state index < -0.39 is 10.0 Å². The summed E-state index contributed by atoms with van der Waals surface area (Å²) in [7, 11) is 5.47. The lowest BCUT2D eigenvalue weighted by Crippen LogP contribution is -2.37. The molecule has 0 spiro atoms. The van der Waals surface area contributed by atoms with Crippen LogP contribution in [-0.4, -0.2) is 96.6 Å². The lowest BCUT2D eigenvalue weighted by Gasteiger charge is -2.32. The maximum atomic E-state index is 13.1. The largest absolute Gasteiger partial charge is 0.497 e. The molecule has 194 valence electrons. The zero-order chi connectivity index (χ0) is 25.5. The van der Waals surface area contributed by atoms with Gasteiger partial charge in [-0.15, -0.1) is 0 Å². The Kier molecular flexibility index (Phi) is 10.8. The Hall–Kier alpha value is -1.68. The molecule has 1 aliphatic carbocycles. The highest BCUT2D eigenvalue weighted by Crippen LogP contribution is 2.30. The molecule has 34 heavy (non-hydrogen) atoms. The van der Waals surface area contributed by atoms with E-state index >= 15 is 0 Å². The molecule has 1 saturated carbocycles. The fraction of sp³-hybridized carbons (Fsp3) is 0.720. The first-order chi connectivity index (χ1) is 15.9. The Morgan fingerprint density at radius 2 is 1.50 bits per heavy atom. The fourth-order valence-electron chi connectivity index (χ4n) is 4.78. The SMILES string of the molecule is COc1cc(C)c(S(=O)(=O)N(C)CCOCC(=O)N(C)C[C@H]2CC[C@H](CN(C)C)CC2)c(C)c1. The number of hydrogen-bond acceptors (Lipinski definition) is 6. The van der Waals surface area contributed by atoms with Crippen molar-refractivity contribution in [1.29, 1.82) is 0 Å². The highest BCUT2D eigenvalue weighted by molar-refractivity contribution is 7.89. The molecule has 1 fully saturated rings. The number of likely N-dealkylation sites (N-methyl/N-ethyl adjacent to an activating group) is 2. The van der Waals surface area contributed by atoms with Gasteiger partial charge in [0.2, 0.25) is 15.9 Å². The first-order valence-corrected chi connectivity index (χ1v) is 13.5. The number of ether oxygens (including phenoxy) is 2. The van der Waals surface area contributed by atoms with Crippen molar-refractivity contribution in [3.63, 3.8) is 0 Å². The van der Waals surface area contributed by atoms with E-state index in [1.807, 2.05) is 7.05 Å². The molecule has 0 aliphatic heterocycles. The average Bonchev–Trinajstić information content (AvgIpc) is 2.76. The summed E-state index contributed by atoms with van der Waals surface area (Å²) in [6.45, 7) is 5.69. The van der Waals surface area contributed by atoms with Crippen LogP contribution in [0.25, 0.3) is 0 Å². The van der Waals surface area contributed by atoms with E-state index in [9.17, 15) is 13.2 Å². The van der Waals surface area contributed by atoms with Gasteiger partial charge in [-0.3, -0.25) is 4.79 Å². The zero-order valence-electron chi connectivity index (χ0n) is 22.0. The molecule has 2 rings (SSSR count). The number of sulfonamides is 1. The van der Waals surface area contributed by atoms with Crippen LogP contribution >= 0.6 is 0 Å². The van der Waals surface area contributed by atoms with Crippen molar-refractivity contribution in [2.45, 2.75) is 44.4 Å². The molecule has 0 radical (unpaired) electrons. The molecule has 0 bridgehead atoms. The first-order valence-electron chi connectivity index (χ1n) is 12.0. The van der Waals surface area contributed by atoms with Crippen molar-refractivity contribution in [1.82, 2.24) is 14.1 Å². The van der Waals surface area contributed by atoms with Crippen LogP contribution in [0, 0.1) is 25.7 Å². The van der Waals surface area contributed by atoms with E-state index in [2.05, 4.69) is 19.0 Å². The molecule has 0 unspecified atom stereocenters. The number of rotatable bonds is 12. The Labute approximate surface area is 206 Å². The van der Waals surface area contributed by atoms with Crippen molar-refractivity contribution in [2.75, 3.05) is 68.1 Å². The van der Waals surface area contributed by atoms with Crippen molar-refractivity contribution < 1.29 is 22.7 Å². The van der Waals surface area contributed by atoms with E-state index in [4.69, 9.17) is 9.47 Å². The van der Waals surface area contributed by atoms with Crippen LogP contribution in [0.5, 0.6) is 5.75 Å². The highest BCUT2D eigenvalue weighted by atomic mass is 32.2. The third kappa shape index (κ3) is 7.93. The van der Waals surface area contributed by atoms with Gasteiger partial charge in [0.25, 0.3) is 0 Å². The first kappa shape index (κ1) is 28.6. The second-order valence-electron chi connectivity index (χ2n) is 9.89. The van der Waals surface area contributed by atoms with Crippen LogP contribution in [0.3, 0.4) is 0 Å². The molecule has 0 atom stereocenters. The van der Waals surface area contributed by atoms with Crippen molar-refractivity contribution in [2.24, 2.45) is 11.8 Å². The Morgan fingerprint density at radius 3 is 2.00 bits per heavy atom. The number of benzene rings is 1. The predicted octanol–water partition coefficient (Wildman–Crippen LogP) is 2.78. The predicted molar refractivity (Wildman–Crippen MR) is 135 cm³/mol. The molecule has 1 aromatic rings. The number of aryl methyl sites for hydroxylation is 2. The molecule has 0 aromatic heterocycles. The maximum Gasteiger partial charge on any atom is 0.248 e. The lowest BCUT2D eigenvalue weighted by molar-refractivity contribution is -0.135. The standard InChI is InChI=1S/C25H43N3O5S/c1-19-14-23(32-7)15-20(2)25(19)34(30,31)28(6)12-13-33-18-24(29)27(5)17-22-10-8-21(9-11-22)16-26(3)4/h14-15,21-22H,8-13,16-18H2,1-7H3/t21-,22-. The van der Waals surface area contributed by atoms with Crippen molar-refractivity contribution in [3.8, 4) is 5.75 Å².